The number of rotatable bonds is 4. The molecule has 3 N–H and O–H groups in total. The summed E-state index contributed by atoms with van der Waals surface area (Å²) in [6, 6.07) is 9.72. The van der Waals surface area contributed by atoms with Gasteiger partial charge in [0.15, 0.2) is 0 Å². The zero-order valence-electron chi connectivity index (χ0n) is 10.8. The summed E-state index contributed by atoms with van der Waals surface area (Å²) in [5.41, 5.74) is 1.51. The molecule has 0 aliphatic heterocycles. The van der Waals surface area contributed by atoms with Crippen LogP contribution in [0.2, 0.25) is 0 Å². The highest BCUT2D eigenvalue weighted by Crippen LogP contribution is 2.16. The Hall–Kier alpha value is -1.77. The Bertz CT molecular complexity index is 760. The van der Waals surface area contributed by atoms with Crippen LogP contribution in [0.3, 0.4) is 0 Å². The first-order valence-corrected chi connectivity index (χ1v) is 8.37. The highest BCUT2D eigenvalue weighted by molar-refractivity contribution is 9.10. The first-order valence-electron chi connectivity index (χ1n) is 5.86. The lowest BCUT2D eigenvalue weighted by Gasteiger charge is -2.07. The van der Waals surface area contributed by atoms with Crippen LogP contribution in [0.4, 0.5) is 5.69 Å². The summed E-state index contributed by atoms with van der Waals surface area (Å²) in [5.74, 6) is -0.552. The summed E-state index contributed by atoms with van der Waals surface area (Å²) < 4.78 is 22.4. The summed E-state index contributed by atoms with van der Waals surface area (Å²) in [6.45, 7) is 0. The molecule has 0 atom stereocenters. The number of hydrogen-bond acceptors (Lipinski definition) is 4. The van der Waals surface area contributed by atoms with E-state index >= 15 is 0 Å². The number of carbonyl (C=O) groups excluding carboxylic acids is 1. The summed E-state index contributed by atoms with van der Waals surface area (Å²) >= 11 is 3.20. The van der Waals surface area contributed by atoms with E-state index in [1.807, 2.05) is 0 Å². The molecule has 0 spiro atoms. The number of primary sulfonamides is 1. The monoisotopic (exact) mass is 369 g/mol. The topological polar surface area (TPSA) is 102 Å². The molecule has 0 fully saturated rings. The fourth-order valence-corrected chi connectivity index (χ4v) is 2.76. The highest BCUT2D eigenvalue weighted by atomic mass is 79.9. The normalized spacial score (nSPS) is 11.1. The number of aromatic nitrogens is 1. The van der Waals surface area contributed by atoms with Crippen molar-refractivity contribution in [1.82, 2.24) is 4.98 Å². The molecule has 0 unspecified atom stereocenters. The standard InChI is InChI=1S/C13H12BrN3O3S/c14-12-11(2-1-7-16-12)13(18)17-10-5-3-9(4-6-10)8-21(15,19)20/h1-7H,8H2,(H,17,18)(H2,15,19,20). The van der Waals surface area contributed by atoms with E-state index in [0.29, 0.717) is 21.4 Å². The Morgan fingerprint density at radius 3 is 2.48 bits per heavy atom. The van der Waals surface area contributed by atoms with E-state index in [4.69, 9.17) is 5.14 Å². The van der Waals surface area contributed by atoms with Crippen molar-refractivity contribution in [3.8, 4) is 0 Å². The molecule has 1 amide bonds. The van der Waals surface area contributed by atoms with Gasteiger partial charge < -0.3 is 5.32 Å². The van der Waals surface area contributed by atoms with E-state index in [1.54, 1.807) is 42.6 Å². The molecular formula is C13H12BrN3O3S. The van der Waals surface area contributed by atoms with Crippen molar-refractivity contribution in [2.45, 2.75) is 5.75 Å². The molecule has 110 valence electrons. The van der Waals surface area contributed by atoms with Crippen LogP contribution in [0.5, 0.6) is 0 Å². The highest BCUT2D eigenvalue weighted by Gasteiger charge is 2.11. The molecule has 1 aromatic carbocycles. The Balaban J connectivity index is 2.10. The average Bonchev–Trinajstić information content (AvgIpc) is 2.40. The number of benzene rings is 1. The lowest BCUT2D eigenvalue weighted by molar-refractivity contribution is 0.102. The summed E-state index contributed by atoms with van der Waals surface area (Å²) in [5, 5.41) is 7.67. The number of hydrogen-bond donors (Lipinski definition) is 2. The van der Waals surface area contributed by atoms with Gasteiger partial charge in [-0.3, -0.25) is 4.79 Å². The van der Waals surface area contributed by atoms with E-state index in [-0.39, 0.29) is 11.7 Å². The van der Waals surface area contributed by atoms with Crippen molar-refractivity contribution in [3.05, 3.63) is 58.3 Å². The molecule has 0 saturated heterocycles. The average molecular weight is 370 g/mol. The molecule has 6 nitrogen and oxygen atoms in total. The maximum absolute atomic E-state index is 12.1. The van der Waals surface area contributed by atoms with Crippen LogP contribution < -0.4 is 10.5 Å². The third-order valence-corrected chi connectivity index (χ3v) is 3.95. The smallest absolute Gasteiger partial charge is 0.258 e. The van der Waals surface area contributed by atoms with Crippen LogP contribution in [0.15, 0.2) is 47.2 Å². The van der Waals surface area contributed by atoms with Crippen molar-refractivity contribution < 1.29 is 13.2 Å². The lowest BCUT2D eigenvalue weighted by atomic mass is 10.2. The Morgan fingerprint density at radius 1 is 1.24 bits per heavy atom. The van der Waals surface area contributed by atoms with Gasteiger partial charge in [-0.1, -0.05) is 12.1 Å². The molecule has 0 aliphatic carbocycles. The Morgan fingerprint density at radius 2 is 1.90 bits per heavy atom. The molecule has 0 radical (unpaired) electrons. The second kappa shape index (κ2) is 6.33. The first kappa shape index (κ1) is 15.6. The number of anilines is 1. The number of nitrogens with one attached hydrogen (secondary N) is 1. The maximum atomic E-state index is 12.1. The number of pyridine rings is 1. The van der Waals surface area contributed by atoms with E-state index in [0.717, 1.165) is 0 Å². The van der Waals surface area contributed by atoms with Crippen LogP contribution >= 0.6 is 15.9 Å². The number of halogens is 1. The van der Waals surface area contributed by atoms with Crippen LogP contribution in [0.25, 0.3) is 0 Å². The van der Waals surface area contributed by atoms with Crippen molar-refractivity contribution >= 4 is 37.5 Å². The number of carbonyl (C=O) groups is 1. The minimum Gasteiger partial charge on any atom is -0.322 e. The summed E-state index contributed by atoms with van der Waals surface area (Å²) in [7, 11) is -3.56. The minimum atomic E-state index is -3.56. The van der Waals surface area contributed by atoms with Crippen LogP contribution in [0, 0.1) is 0 Å². The maximum Gasteiger partial charge on any atom is 0.258 e. The van der Waals surface area contributed by atoms with E-state index < -0.39 is 10.0 Å². The number of nitrogens with two attached hydrogens (primary N) is 1. The number of sulfonamides is 1. The van der Waals surface area contributed by atoms with Crippen molar-refractivity contribution in [2.75, 3.05) is 5.32 Å². The quantitative estimate of drug-likeness (QED) is 0.803. The zero-order chi connectivity index (χ0) is 15.5. The van der Waals surface area contributed by atoms with Gasteiger partial charge >= 0.3 is 0 Å². The molecule has 0 aliphatic rings. The summed E-state index contributed by atoms with van der Waals surface area (Å²) in [6.07, 6.45) is 1.57. The lowest BCUT2D eigenvalue weighted by Crippen LogP contribution is -2.15. The van der Waals surface area contributed by atoms with E-state index in [9.17, 15) is 13.2 Å². The largest absolute Gasteiger partial charge is 0.322 e. The molecule has 1 aromatic heterocycles. The van der Waals surface area contributed by atoms with Crippen molar-refractivity contribution in [3.63, 3.8) is 0 Å². The van der Waals surface area contributed by atoms with Gasteiger partial charge in [-0.2, -0.15) is 0 Å². The van der Waals surface area contributed by atoms with Gasteiger partial charge in [0, 0.05) is 11.9 Å². The van der Waals surface area contributed by atoms with Gasteiger partial charge in [0.25, 0.3) is 5.91 Å². The molecule has 0 bridgehead atoms. The molecule has 21 heavy (non-hydrogen) atoms. The van der Waals surface area contributed by atoms with Gasteiger partial charge in [-0.25, -0.2) is 18.5 Å². The van der Waals surface area contributed by atoms with Crippen LogP contribution in [-0.2, 0) is 15.8 Å². The first-order chi connectivity index (χ1) is 9.85. The number of nitrogens with zero attached hydrogens (tertiary/aromatic N) is 1. The van der Waals surface area contributed by atoms with E-state index in [2.05, 4.69) is 26.2 Å². The minimum absolute atomic E-state index is 0.241. The molecule has 0 saturated carbocycles. The second-order valence-corrected chi connectivity index (χ2v) is 6.67. The van der Waals surface area contributed by atoms with Crippen LogP contribution in [-0.4, -0.2) is 19.3 Å². The molecular weight excluding hydrogens is 358 g/mol. The third kappa shape index (κ3) is 4.62. The molecule has 2 aromatic rings. The van der Waals surface area contributed by atoms with Gasteiger partial charge in [0.05, 0.1) is 11.3 Å². The van der Waals surface area contributed by atoms with Gasteiger partial charge in [0.1, 0.15) is 4.60 Å². The second-order valence-electron chi connectivity index (χ2n) is 4.30. The predicted octanol–water partition coefficient (Wildman–Crippen LogP) is 1.88. The SMILES string of the molecule is NS(=O)(=O)Cc1ccc(NC(=O)c2cccnc2Br)cc1. The predicted molar refractivity (Wildman–Crippen MR) is 83.1 cm³/mol. The van der Waals surface area contributed by atoms with Gasteiger partial charge in [-0.15, -0.1) is 0 Å². The fraction of sp³-hybridized carbons (Fsp3) is 0.0769. The summed E-state index contributed by atoms with van der Waals surface area (Å²) in [4.78, 5) is 16.0. The van der Waals surface area contributed by atoms with Gasteiger partial charge in [-0.05, 0) is 45.8 Å². The zero-order valence-corrected chi connectivity index (χ0v) is 13.2. The van der Waals surface area contributed by atoms with Crippen molar-refractivity contribution in [2.24, 2.45) is 5.14 Å². The Labute approximate surface area is 130 Å². The van der Waals surface area contributed by atoms with Crippen molar-refractivity contribution in [1.29, 1.82) is 0 Å². The van der Waals surface area contributed by atoms with E-state index in [1.165, 1.54) is 0 Å². The van der Waals surface area contributed by atoms with Gasteiger partial charge in [0.2, 0.25) is 10.0 Å². The molecule has 2 rings (SSSR count). The molecule has 1 heterocycles. The van der Waals surface area contributed by atoms with Crippen LogP contribution in [0.1, 0.15) is 15.9 Å². The Kier molecular flexibility index (Phi) is 4.71. The number of amides is 1. The molecule has 8 heteroatoms. The third-order valence-electron chi connectivity index (χ3n) is 2.58. The fourth-order valence-electron chi connectivity index (χ4n) is 1.67.